The minimum Gasteiger partial charge on any atom is -0.493 e. The van der Waals surface area contributed by atoms with Crippen LogP contribution in [0.3, 0.4) is 0 Å². The van der Waals surface area contributed by atoms with E-state index >= 15 is 0 Å². The zero-order chi connectivity index (χ0) is 18.5. The van der Waals surface area contributed by atoms with Crippen LogP contribution < -0.4 is 14.8 Å². The molecule has 0 aliphatic carbocycles. The summed E-state index contributed by atoms with van der Waals surface area (Å²) >= 11 is 0. The zero-order valence-electron chi connectivity index (χ0n) is 14.9. The first-order chi connectivity index (χ1) is 12.6. The average molecular weight is 352 g/mol. The Balaban J connectivity index is 1.65. The van der Waals surface area contributed by atoms with Gasteiger partial charge in [0.2, 0.25) is 5.88 Å². The van der Waals surface area contributed by atoms with E-state index in [1.54, 1.807) is 32.2 Å². The largest absolute Gasteiger partial charge is 0.493 e. The van der Waals surface area contributed by atoms with Crippen LogP contribution in [0.25, 0.3) is 11.3 Å². The lowest BCUT2D eigenvalue weighted by molar-refractivity contribution is -0.122. The van der Waals surface area contributed by atoms with Crippen molar-refractivity contribution in [2.45, 2.75) is 20.0 Å². The van der Waals surface area contributed by atoms with Gasteiger partial charge in [0.05, 0.1) is 7.11 Å². The number of nitrogens with one attached hydrogen (secondary N) is 1. The summed E-state index contributed by atoms with van der Waals surface area (Å²) in [6.45, 7) is 3.67. The topological polar surface area (TPSA) is 73.6 Å². The molecule has 1 N–H and O–H groups in total. The molecule has 0 aliphatic rings. The summed E-state index contributed by atoms with van der Waals surface area (Å²) in [7, 11) is 1.55. The van der Waals surface area contributed by atoms with Crippen molar-refractivity contribution in [1.82, 2.24) is 5.16 Å². The molecule has 3 rings (SSSR count). The molecule has 0 saturated carbocycles. The standard InChI is InChI=1S/C20H20N2O4/c1-13-8-10-15(11-9-13)16-12-19(26-22-16)21-20(23)14(2)25-18-7-5-4-6-17(18)24-3/h4-12,14H,1-3H3,(H,21,23)/t14-/m0/s1. The van der Waals surface area contributed by atoms with Crippen molar-refractivity contribution in [2.75, 3.05) is 12.4 Å². The van der Waals surface area contributed by atoms with Crippen molar-refractivity contribution in [1.29, 1.82) is 0 Å². The van der Waals surface area contributed by atoms with Gasteiger partial charge in [-0.05, 0) is 26.0 Å². The molecule has 1 amide bonds. The normalized spacial score (nSPS) is 11.7. The van der Waals surface area contributed by atoms with E-state index in [1.165, 1.54) is 0 Å². The van der Waals surface area contributed by atoms with Gasteiger partial charge in [-0.15, -0.1) is 0 Å². The summed E-state index contributed by atoms with van der Waals surface area (Å²) in [5.41, 5.74) is 2.73. The van der Waals surface area contributed by atoms with Crippen LogP contribution in [0.2, 0.25) is 0 Å². The number of rotatable bonds is 6. The first kappa shape index (κ1) is 17.5. The Morgan fingerprint density at radius 2 is 1.81 bits per heavy atom. The Hall–Kier alpha value is -3.28. The number of amides is 1. The maximum atomic E-state index is 12.3. The molecule has 0 saturated heterocycles. The highest BCUT2D eigenvalue weighted by Crippen LogP contribution is 2.27. The Morgan fingerprint density at radius 1 is 1.12 bits per heavy atom. The number of aryl methyl sites for hydroxylation is 1. The number of carbonyl (C=O) groups is 1. The fourth-order valence-electron chi connectivity index (χ4n) is 2.38. The minimum atomic E-state index is -0.737. The summed E-state index contributed by atoms with van der Waals surface area (Å²) < 4.78 is 16.1. The number of methoxy groups -OCH3 is 1. The molecular formula is C20H20N2O4. The molecule has 1 aromatic heterocycles. The van der Waals surface area contributed by atoms with E-state index in [0.717, 1.165) is 11.1 Å². The number of para-hydroxylation sites is 2. The molecule has 0 bridgehead atoms. The molecule has 0 spiro atoms. The number of aromatic nitrogens is 1. The summed E-state index contributed by atoms with van der Waals surface area (Å²) in [5.74, 6) is 0.979. The molecule has 6 nitrogen and oxygen atoms in total. The molecule has 3 aromatic rings. The molecule has 2 aromatic carbocycles. The van der Waals surface area contributed by atoms with Gasteiger partial charge in [-0.25, -0.2) is 0 Å². The van der Waals surface area contributed by atoms with Gasteiger partial charge in [-0.3, -0.25) is 10.1 Å². The summed E-state index contributed by atoms with van der Waals surface area (Å²) in [6.07, 6.45) is -0.737. The first-order valence-corrected chi connectivity index (χ1v) is 8.21. The van der Waals surface area contributed by atoms with Crippen LogP contribution in [-0.2, 0) is 4.79 Å². The second kappa shape index (κ2) is 7.74. The van der Waals surface area contributed by atoms with Crippen LogP contribution in [-0.4, -0.2) is 24.3 Å². The minimum absolute atomic E-state index is 0.265. The third kappa shape index (κ3) is 4.03. The first-order valence-electron chi connectivity index (χ1n) is 8.21. The van der Waals surface area contributed by atoms with Crippen molar-refractivity contribution < 1.29 is 18.8 Å². The van der Waals surface area contributed by atoms with E-state index < -0.39 is 6.10 Å². The van der Waals surface area contributed by atoms with Crippen LogP contribution in [0.5, 0.6) is 11.5 Å². The molecule has 0 fully saturated rings. The quantitative estimate of drug-likeness (QED) is 0.724. The van der Waals surface area contributed by atoms with Crippen LogP contribution in [0, 0.1) is 6.92 Å². The number of nitrogens with zero attached hydrogens (tertiary/aromatic N) is 1. The number of ether oxygens (including phenoxy) is 2. The lowest BCUT2D eigenvalue weighted by Crippen LogP contribution is -2.30. The highest BCUT2D eigenvalue weighted by molar-refractivity contribution is 5.93. The monoisotopic (exact) mass is 352 g/mol. The molecule has 26 heavy (non-hydrogen) atoms. The number of hydrogen-bond donors (Lipinski definition) is 1. The van der Waals surface area contributed by atoms with Gasteiger partial charge in [-0.1, -0.05) is 47.1 Å². The number of hydrogen-bond acceptors (Lipinski definition) is 5. The van der Waals surface area contributed by atoms with E-state index in [0.29, 0.717) is 17.2 Å². The van der Waals surface area contributed by atoms with Gasteiger partial charge in [0.15, 0.2) is 17.6 Å². The van der Waals surface area contributed by atoms with Gasteiger partial charge in [0.1, 0.15) is 5.69 Å². The van der Waals surface area contributed by atoms with Crippen molar-refractivity contribution in [3.8, 4) is 22.8 Å². The average Bonchev–Trinajstić information content (AvgIpc) is 3.11. The lowest BCUT2D eigenvalue weighted by Gasteiger charge is -2.15. The highest BCUT2D eigenvalue weighted by Gasteiger charge is 2.19. The Kier molecular flexibility index (Phi) is 5.22. The SMILES string of the molecule is COc1ccccc1O[C@@H](C)C(=O)Nc1cc(-c2ccc(C)cc2)no1. The van der Waals surface area contributed by atoms with Crippen molar-refractivity contribution in [3.05, 3.63) is 60.2 Å². The maximum absolute atomic E-state index is 12.3. The van der Waals surface area contributed by atoms with Crippen molar-refractivity contribution in [3.63, 3.8) is 0 Å². The smallest absolute Gasteiger partial charge is 0.267 e. The van der Waals surface area contributed by atoms with Gasteiger partial charge < -0.3 is 14.0 Å². The molecule has 134 valence electrons. The van der Waals surface area contributed by atoms with Crippen LogP contribution >= 0.6 is 0 Å². The Bertz CT molecular complexity index is 887. The number of benzene rings is 2. The van der Waals surface area contributed by atoms with Crippen molar-refractivity contribution in [2.24, 2.45) is 0 Å². The predicted molar refractivity (Wildman–Crippen MR) is 98.4 cm³/mol. The highest BCUT2D eigenvalue weighted by atomic mass is 16.5. The third-order valence-electron chi connectivity index (χ3n) is 3.85. The van der Waals surface area contributed by atoms with Gasteiger partial charge >= 0.3 is 0 Å². The van der Waals surface area contributed by atoms with Gasteiger partial charge in [0, 0.05) is 11.6 Å². The second-order valence-corrected chi connectivity index (χ2v) is 5.84. The lowest BCUT2D eigenvalue weighted by atomic mass is 10.1. The Labute approximate surface area is 151 Å². The molecule has 1 heterocycles. The second-order valence-electron chi connectivity index (χ2n) is 5.84. The summed E-state index contributed by atoms with van der Waals surface area (Å²) in [4.78, 5) is 12.3. The van der Waals surface area contributed by atoms with Gasteiger partial charge in [0.25, 0.3) is 5.91 Å². The Morgan fingerprint density at radius 3 is 2.50 bits per heavy atom. The maximum Gasteiger partial charge on any atom is 0.267 e. The molecule has 6 heteroatoms. The molecule has 0 radical (unpaired) electrons. The van der Waals surface area contributed by atoms with E-state index in [2.05, 4.69) is 10.5 Å². The molecule has 0 aliphatic heterocycles. The van der Waals surface area contributed by atoms with Crippen LogP contribution in [0.15, 0.2) is 59.1 Å². The van der Waals surface area contributed by atoms with Gasteiger partial charge in [-0.2, -0.15) is 0 Å². The molecular weight excluding hydrogens is 332 g/mol. The van der Waals surface area contributed by atoms with E-state index in [1.807, 2.05) is 43.3 Å². The fraction of sp³-hybridized carbons (Fsp3) is 0.200. The summed E-state index contributed by atoms with van der Waals surface area (Å²) in [6, 6.07) is 16.7. The fourth-order valence-corrected chi connectivity index (χ4v) is 2.38. The number of anilines is 1. The number of carbonyl (C=O) groups excluding carboxylic acids is 1. The summed E-state index contributed by atoms with van der Waals surface area (Å²) in [5, 5.41) is 6.66. The van der Waals surface area contributed by atoms with Crippen molar-refractivity contribution >= 4 is 11.8 Å². The molecule has 0 unspecified atom stereocenters. The predicted octanol–water partition coefficient (Wildman–Crippen LogP) is 4.06. The van der Waals surface area contributed by atoms with E-state index in [9.17, 15) is 4.79 Å². The van der Waals surface area contributed by atoms with E-state index in [4.69, 9.17) is 14.0 Å². The third-order valence-corrected chi connectivity index (χ3v) is 3.85. The van der Waals surface area contributed by atoms with Crippen LogP contribution in [0.1, 0.15) is 12.5 Å². The van der Waals surface area contributed by atoms with Crippen LogP contribution in [0.4, 0.5) is 5.88 Å². The van der Waals surface area contributed by atoms with E-state index in [-0.39, 0.29) is 11.8 Å². The molecule has 1 atom stereocenters. The zero-order valence-corrected chi connectivity index (χ0v) is 14.9.